The summed E-state index contributed by atoms with van der Waals surface area (Å²) in [5.74, 6) is 1.60. The molecule has 0 fully saturated rings. The summed E-state index contributed by atoms with van der Waals surface area (Å²) in [6.07, 6.45) is -0.253. The lowest BCUT2D eigenvalue weighted by Crippen LogP contribution is -2.45. The summed E-state index contributed by atoms with van der Waals surface area (Å²) in [7, 11) is 1.52. The molecule has 44 heavy (non-hydrogen) atoms. The fourth-order valence-electron chi connectivity index (χ4n) is 3.58. The molecule has 14 nitrogen and oxygen atoms in total. The van der Waals surface area contributed by atoms with E-state index in [0.717, 1.165) is 16.9 Å². The van der Waals surface area contributed by atoms with E-state index >= 15 is 0 Å². The first-order valence-electron chi connectivity index (χ1n) is 14.4. The summed E-state index contributed by atoms with van der Waals surface area (Å²) < 4.78 is 10.5. The van der Waals surface area contributed by atoms with Crippen molar-refractivity contribution in [1.29, 1.82) is 5.26 Å². The minimum absolute atomic E-state index is 0.163. The number of ether oxygens (including phenoxy) is 2. The summed E-state index contributed by atoms with van der Waals surface area (Å²) in [5, 5.41) is 28.3. The van der Waals surface area contributed by atoms with Gasteiger partial charge in [-0.25, -0.2) is 4.79 Å². The Morgan fingerprint density at radius 1 is 1.02 bits per heavy atom. The molecule has 1 aromatic carbocycles. The molecule has 0 unspecified atom stereocenters. The van der Waals surface area contributed by atoms with Gasteiger partial charge in [0, 0.05) is 50.3 Å². The predicted molar refractivity (Wildman–Crippen MR) is 170 cm³/mol. The van der Waals surface area contributed by atoms with Crippen LogP contribution >= 0.6 is 0 Å². The number of aryl methyl sites for hydroxylation is 1. The number of carbonyl (C=O) groups excluding carboxylic acids is 2. The second kappa shape index (κ2) is 17.9. The van der Waals surface area contributed by atoms with Crippen molar-refractivity contribution in [2.24, 2.45) is 0 Å². The number of methoxy groups -OCH3 is 1. The zero-order chi connectivity index (χ0) is 32.5. The zero-order valence-corrected chi connectivity index (χ0v) is 26.6. The molecule has 0 aliphatic heterocycles. The highest BCUT2D eigenvalue weighted by Gasteiger charge is 2.23. The van der Waals surface area contributed by atoms with E-state index in [2.05, 4.69) is 47.5 Å². The van der Waals surface area contributed by atoms with E-state index in [4.69, 9.17) is 14.7 Å². The van der Waals surface area contributed by atoms with Gasteiger partial charge in [-0.1, -0.05) is 26.0 Å². The van der Waals surface area contributed by atoms with Gasteiger partial charge in [0.05, 0.1) is 19.1 Å². The molecule has 3 rings (SSSR count). The third kappa shape index (κ3) is 13.0. The number of nitrogens with zero attached hydrogens (tertiary/aromatic N) is 5. The third-order valence-electron chi connectivity index (χ3n) is 5.49. The third-order valence-corrected chi connectivity index (χ3v) is 5.49. The van der Waals surface area contributed by atoms with E-state index in [1.165, 1.54) is 12.0 Å². The van der Waals surface area contributed by atoms with Crippen LogP contribution in [0.15, 0.2) is 36.4 Å². The number of anilines is 5. The molecule has 0 spiro atoms. The van der Waals surface area contributed by atoms with Gasteiger partial charge < -0.3 is 30.7 Å². The van der Waals surface area contributed by atoms with Crippen LogP contribution in [-0.2, 0) is 20.7 Å². The molecule has 238 valence electrons. The molecule has 0 atom stereocenters. The smallest absolute Gasteiger partial charge is 0.410 e. The molecule has 0 saturated heterocycles. The highest BCUT2D eigenvalue weighted by molar-refractivity contribution is 5.82. The molecular formula is C30H44N10O4. The molecule has 14 heteroatoms. The van der Waals surface area contributed by atoms with Crippen molar-refractivity contribution in [2.75, 3.05) is 55.8 Å². The van der Waals surface area contributed by atoms with Gasteiger partial charge >= 0.3 is 6.09 Å². The first kappa shape index (κ1) is 35.3. The fraction of sp³-hybridized carbons (Fsp3) is 0.467. The van der Waals surface area contributed by atoms with Crippen molar-refractivity contribution >= 4 is 41.1 Å². The molecule has 3 aromatic rings. The number of hydrogen-bond donors (Lipinski definition) is 5. The van der Waals surface area contributed by atoms with Gasteiger partial charge in [-0.15, -0.1) is 0 Å². The standard InChI is InChI=1S/C28H38N10O4.C2H6/c1-19-16-24(37-36-19)33-23-17-22(34-26(35-23)32-21-8-6-20(7-9-21)10-11-29)30-12-13-31-25(39)18-38(14-15-41-5)27(40)42-28(2,3)4;1-2/h6-9,16-17H,10,12-15,18H2,1-5H3,(H,31,39)(H4,30,32,33,34,35,36,37);1-2H3. The fourth-order valence-corrected chi connectivity index (χ4v) is 3.58. The lowest BCUT2D eigenvalue weighted by Gasteiger charge is -2.26. The van der Waals surface area contributed by atoms with Crippen molar-refractivity contribution < 1.29 is 19.1 Å². The number of amides is 2. The van der Waals surface area contributed by atoms with Crippen LogP contribution in [0.3, 0.4) is 0 Å². The molecule has 2 aromatic heterocycles. The Morgan fingerprint density at radius 2 is 1.73 bits per heavy atom. The van der Waals surface area contributed by atoms with Crippen LogP contribution in [0, 0.1) is 18.3 Å². The first-order chi connectivity index (χ1) is 21.0. The van der Waals surface area contributed by atoms with Gasteiger partial charge in [0.2, 0.25) is 11.9 Å². The number of carbonyl (C=O) groups is 2. The highest BCUT2D eigenvalue weighted by Crippen LogP contribution is 2.21. The number of benzene rings is 1. The first-order valence-corrected chi connectivity index (χ1v) is 14.4. The number of hydrogen-bond acceptors (Lipinski definition) is 11. The maximum Gasteiger partial charge on any atom is 0.410 e. The number of aromatic amines is 1. The molecule has 0 saturated carbocycles. The van der Waals surface area contributed by atoms with Gasteiger partial charge in [0.15, 0.2) is 5.82 Å². The van der Waals surface area contributed by atoms with Crippen molar-refractivity contribution in [2.45, 2.75) is 53.6 Å². The minimum Gasteiger partial charge on any atom is -0.444 e. The Hall–Kier alpha value is -4.90. The summed E-state index contributed by atoms with van der Waals surface area (Å²) in [6.45, 7) is 12.2. The predicted octanol–water partition coefficient (Wildman–Crippen LogP) is 4.50. The van der Waals surface area contributed by atoms with Gasteiger partial charge in [0.25, 0.3) is 0 Å². The van der Waals surface area contributed by atoms with Crippen molar-refractivity contribution in [3.63, 3.8) is 0 Å². The van der Waals surface area contributed by atoms with Gasteiger partial charge in [-0.05, 0) is 45.4 Å². The Balaban J connectivity index is 0.00000330. The number of aromatic nitrogens is 4. The molecule has 5 N–H and O–H groups in total. The largest absolute Gasteiger partial charge is 0.444 e. The zero-order valence-electron chi connectivity index (χ0n) is 26.6. The molecule has 2 amide bonds. The Labute approximate surface area is 258 Å². The lowest BCUT2D eigenvalue weighted by atomic mass is 10.1. The number of rotatable bonds is 14. The monoisotopic (exact) mass is 608 g/mol. The van der Waals surface area contributed by atoms with Gasteiger partial charge in [0.1, 0.15) is 23.8 Å². The molecular weight excluding hydrogens is 564 g/mol. The van der Waals surface area contributed by atoms with E-state index in [0.29, 0.717) is 36.4 Å². The minimum atomic E-state index is -0.682. The SMILES string of the molecule is CC.COCCN(CC(=O)NCCNc1cc(Nc2cc(C)[nH]n2)nc(Nc2ccc(CC#N)cc2)n1)C(=O)OC(C)(C)C. The highest BCUT2D eigenvalue weighted by atomic mass is 16.6. The number of nitrogens with one attached hydrogen (secondary N) is 5. The van der Waals surface area contributed by atoms with Crippen LogP contribution in [0.1, 0.15) is 45.9 Å². The van der Waals surface area contributed by atoms with E-state index < -0.39 is 11.7 Å². The normalized spacial score (nSPS) is 10.5. The Kier molecular flexibility index (Phi) is 14.4. The van der Waals surface area contributed by atoms with E-state index in [1.54, 1.807) is 26.8 Å². The average Bonchev–Trinajstić information content (AvgIpc) is 3.38. The summed E-state index contributed by atoms with van der Waals surface area (Å²) in [4.78, 5) is 35.5. The number of H-pyrrole nitrogens is 1. The molecule has 2 heterocycles. The second-order valence-corrected chi connectivity index (χ2v) is 10.4. The van der Waals surface area contributed by atoms with Crippen molar-refractivity contribution in [3.05, 3.63) is 47.7 Å². The molecule has 0 aliphatic rings. The molecule has 0 aliphatic carbocycles. The van der Waals surface area contributed by atoms with Gasteiger partial charge in [-0.3, -0.25) is 14.8 Å². The van der Waals surface area contributed by atoms with Crippen LogP contribution < -0.4 is 21.3 Å². The maximum atomic E-state index is 12.6. The van der Waals surface area contributed by atoms with Gasteiger partial charge in [-0.2, -0.15) is 20.3 Å². The number of nitriles is 1. The summed E-state index contributed by atoms with van der Waals surface area (Å²) >= 11 is 0. The molecule has 0 radical (unpaired) electrons. The quantitative estimate of drug-likeness (QED) is 0.162. The topological polar surface area (TPSA) is 182 Å². The lowest BCUT2D eigenvalue weighted by molar-refractivity contribution is -0.122. The average molecular weight is 609 g/mol. The molecule has 0 bridgehead atoms. The Morgan fingerprint density at radius 3 is 2.34 bits per heavy atom. The summed E-state index contributed by atoms with van der Waals surface area (Å²) in [5.41, 5.74) is 1.87. The summed E-state index contributed by atoms with van der Waals surface area (Å²) in [6, 6.07) is 13.1. The van der Waals surface area contributed by atoms with Crippen LogP contribution in [-0.4, -0.2) is 82.6 Å². The van der Waals surface area contributed by atoms with Crippen LogP contribution in [0.4, 0.5) is 33.9 Å². The van der Waals surface area contributed by atoms with Crippen LogP contribution in [0.2, 0.25) is 0 Å². The van der Waals surface area contributed by atoms with Crippen molar-refractivity contribution in [1.82, 2.24) is 30.4 Å². The van der Waals surface area contributed by atoms with E-state index in [1.807, 2.05) is 51.1 Å². The maximum absolute atomic E-state index is 12.6. The van der Waals surface area contributed by atoms with Crippen LogP contribution in [0.25, 0.3) is 0 Å². The van der Waals surface area contributed by atoms with Crippen molar-refractivity contribution in [3.8, 4) is 6.07 Å². The van der Waals surface area contributed by atoms with E-state index in [-0.39, 0.29) is 32.1 Å². The Bertz CT molecular complexity index is 1360. The van der Waals surface area contributed by atoms with E-state index in [9.17, 15) is 9.59 Å². The second-order valence-electron chi connectivity index (χ2n) is 10.4. The van der Waals surface area contributed by atoms with Crippen LogP contribution in [0.5, 0.6) is 0 Å².